The minimum Gasteiger partial charge on any atom is -0.276 e. The van der Waals surface area contributed by atoms with Crippen LogP contribution in [0, 0.1) is 10.1 Å². The van der Waals surface area contributed by atoms with E-state index in [1.165, 1.54) is 6.07 Å². The van der Waals surface area contributed by atoms with Crippen LogP contribution in [0.5, 0.6) is 0 Å². The Morgan fingerprint density at radius 1 is 0.853 bits per heavy atom. The topological polar surface area (TPSA) is 125 Å². The van der Waals surface area contributed by atoms with E-state index in [1.807, 2.05) is 60.7 Å². The van der Waals surface area contributed by atoms with Gasteiger partial charge in [0.2, 0.25) is 11.6 Å². The Kier molecular flexibility index (Phi) is 6.80. The number of halogens is 1. The van der Waals surface area contributed by atoms with Crippen LogP contribution < -0.4 is 21.3 Å². The second-order valence-electron chi connectivity index (χ2n) is 6.85. The summed E-state index contributed by atoms with van der Waals surface area (Å²) in [5, 5.41) is 13.9. The lowest BCUT2D eigenvalue weighted by molar-refractivity contribution is -0.383. The first-order valence-electron chi connectivity index (χ1n) is 10.0. The molecule has 0 radical (unpaired) electrons. The second-order valence-corrected chi connectivity index (χ2v) is 7.26. The number of anilines is 4. The number of amides is 1. The van der Waals surface area contributed by atoms with Crippen molar-refractivity contribution in [2.45, 2.75) is 0 Å². The summed E-state index contributed by atoms with van der Waals surface area (Å²) in [4.78, 5) is 31.8. The Bertz CT molecular complexity index is 1270. The molecular formula is C23H18ClN7O3. The molecule has 34 heavy (non-hydrogen) atoms. The van der Waals surface area contributed by atoms with Crippen LogP contribution in [-0.4, -0.2) is 20.8 Å². The third-order valence-electron chi connectivity index (χ3n) is 4.66. The highest BCUT2D eigenvalue weighted by molar-refractivity contribution is 6.33. The number of nitrogens with zero attached hydrogens (tertiary/aromatic N) is 4. The van der Waals surface area contributed by atoms with Gasteiger partial charge in [0.1, 0.15) is 6.33 Å². The van der Waals surface area contributed by atoms with Crippen molar-refractivity contribution < 1.29 is 9.72 Å². The van der Waals surface area contributed by atoms with Gasteiger partial charge in [-0.2, -0.15) is 0 Å². The molecule has 0 aliphatic rings. The van der Waals surface area contributed by atoms with Crippen molar-refractivity contribution in [2.24, 2.45) is 0 Å². The molecule has 11 heteroatoms. The van der Waals surface area contributed by atoms with Crippen LogP contribution in [0.2, 0.25) is 5.02 Å². The minimum absolute atomic E-state index is 0.0813. The van der Waals surface area contributed by atoms with Crippen molar-refractivity contribution >= 4 is 46.2 Å². The van der Waals surface area contributed by atoms with E-state index < -0.39 is 16.5 Å². The van der Waals surface area contributed by atoms with Crippen LogP contribution in [0.15, 0.2) is 91.3 Å². The lowest BCUT2D eigenvalue weighted by atomic mass is 10.2. The number of carbonyl (C=O) groups is 1. The first-order chi connectivity index (χ1) is 16.5. The number of carbonyl (C=O) groups excluding carboxylic acids is 1. The Hall–Kier alpha value is -4.70. The van der Waals surface area contributed by atoms with Crippen LogP contribution in [-0.2, 0) is 0 Å². The molecular weight excluding hydrogens is 458 g/mol. The molecule has 0 spiro atoms. The predicted octanol–water partition coefficient (Wildman–Crippen LogP) is 4.96. The van der Waals surface area contributed by atoms with Crippen LogP contribution in [0.25, 0.3) is 0 Å². The summed E-state index contributed by atoms with van der Waals surface area (Å²) >= 11 is 6.04. The summed E-state index contributed by atoms with van der Waals surface area (Å²) in [5.74, 6) is -0.866. The zero-order chi connectivity index (χ0) is 23.9. The third kappa shape index (κ3) is 5.03. The van der Waals surface area contributed by atoms with E-state index in [4.69, 9.17) is 11.6 Å². The van der Waals surface area contributed by atoms with E-state index in [9.17, 15) is 14.9 Å². The van der Waals surface area contributed by atoms with Gasteiger partial charge in [-0.15, -0.1) is 0 Å². The maximum atomic E-state index is 12.5. The van der Waals surface area contributed by atoms with E-state index in [1.54, 1.807) is 23.2 Å². The number of hydrazine groups is 2. The summed E-state index contributed by atoms with van der Waals surface area (Å²) in [6, 6.07) is 24.9. The summed E-state index contributed by atoms with van der Waals surface area (Å²) < 4.78 is 0. The molecule has 0 bridgehead atoms. The summed E-state index contributed by atoms with van der Waals surface area (Å²) in [6.45, 7) is 0. The fraction of sp³-hybridized carbons (Fsp3) is 0. The van der Waals surface area contributed by atoms with Crippen molar-refractivity contribution in [2.75, 3.05) is 15.9 Å². The van der Waals surface area contributed by atoms with Crippen LogP contribution in [0.3, 0.4) is 0 Å². The largest absolute Gasteiger partial charge is 0.356 e. The molecule has 3 N–H and O–H groups in total. The zero-order valence-corrected chi connectivity index (χ0v) is 18.3. The van der Waals surface area contributed by atoms with Crippen molar-refractivity contribution in [3.8, 4) is 0 Å². The Morgan fingerprint density at radius 2 is 1.41 bits per heavy atom. The number of hydrogen-bond acceptors (Lipinski definition) is 8. The molecule has 1 amide bonds. The van der Waals surface area contributed by atoms with Gasteiger partial charge < -0.3 is 0 Å². The predicted molar refractivity (Wildman–Crippen MR) is 130 cm³/mol. The molecule has 0 saturated carbocycles. The maximum absolute atomic E-state index is 12.5. The summed E-state index contributed by atoms with van der Waals surface area (Å²) in [6.07, 6.45) is 1.15. The average Bonchev–Trinajstić information content (AvgIpc) is 2.87. The smallest absolute Gasteiger partial charge is 0.276 e. The molecule has 0 aliphatic heterocycles. The monoisotopic (exact) mass is 475 g/mol. The van der Waals surface area contributed by atoms with Crippen LogP contribution in [0.1, 0.15) is 10.4 Å². The SMILES string of the molecule is O=C(NNc1ncnc(NN(c2ccccc2)c2ccccc2)c1[N+](=O)[O-])c1ccccc1Cl. The molecule has 3 aromatic carbocycles. The number of rotatable bonds is 8. The van der Waals surface area contributed by atoms with Gasteiger partial charge in [-0.3, -0.25) is 36.2 Å². The standard InChI is InChI=1S/C23H18ClN7O3/c24-19-14-8-7-13-18(19)23(32)28-27-21-20(31(33)34)22(26-15-25-21)29-30(16-9-3-1-4-10-16)17-11-5-2-6-12-17/h1-15H,(H,28,32)(H2,25,26,27,29). The van der Waals surface area contributed by atoms with Gasteiger partial charge in [0.25, 0.3) is 5.91 Å². The Labute approximate surface area is 199 Å². The fourth-order valence-electron chi connectivity index (χ4n) is 3.09. The number of aromatic nitrogens is 2. The average molecular weight is 476 g/mol. The van der Waals surface area contributed by atoms with Gasteiger partial charge in [0.05, 0.1) is 26.9 Å². The molecule has 0 aliphatic carbocycles. The van der Waals surface area contributed by atoms with Gasteiger partial charge in [-0.25, -0.2) is 9.97 Å². The number of benzene rings is 3. The highest BCUT2D eigenvalue weighted by Gasteiger charge is 2.26. The quantitative estimate of drug-likeness (QED) is 0.241. The van der Waals surface area contributed by atoms with E-state index >= 15 is 0 Å². The van der Waals surface area contributed by atoms with Crippen molar-refractivity contribution in [3.05, 3.63) is 112 Å². The van der Waals surface area contributed by atoms with Gasteiger partial charge in [-0.05, 0) is 36.4 Å². The highest BCUT2D eigenvalue weighted by atomic mass is 35.5. The molecule has 0 fully saturated rings. The van der Waals surface area contributed by atoms with E-state index in [2.05, 4.69) is 26.2 Å². The van der Waals surface area contributed by atoms with Gasteiger partial charge in [0.15, 0.2) is 0 Å². The van der Waals surface area contributed by atoms with Crippen molar-refractivity contribution in [1.29, 1.82) is 0 Å². The molecule has 170 valence electrons. The van der Waals surface area contributed by atoms with Crippen molar-refractivity contribution in [3.63, 3.8) is 0 Å². The number of hydrogen-bond donors (Lipinski definition) is 3. The highest BCUT2D eigenvalue weighted by Crippen LogP contribution is 2.32. The third-order valence-corrected chi connectivity index (χ3v) is 4.99. The zero-order valence-electron chi connectivity index (χ0n) is 17.6. The lowest BCUT2D eigenvalue weighted by Gasteiger charge is -2.26. The lowest BCUT2D eigenvalue weighted by Crippen LogP contribution is -2.31. The van der Waals surface area contributed by atoms with Crippen LogP contribution >= 0.6 is 11.6 Å². The van der Waals surface area contributed by atoms with Crippen molar-refractivity contribution in [1.82, 2.24) is 15.4 Å². The maximum Gasteiger partial charge on any atom is 0.356 e. The fourth-order valence-corrected chi connectivity index (χ4v) is 3.31. The summed E-state index contributed by atoms with van der Waals surface area (Å²) in [5.41, 5.74) is 9.08. The first-order valence-corrected chi connectivity index (χ1v) is 10.4. The molecule has 0 saturated heterocycles. The minimum atomic E-state index is -0.638. The van der Waals surface area contributed by atoms with Gasteiger partial charge in [-0.1, -0.05) is 60.1 Å². The Morgan fingerprint density at radius 3 is 2.00 bits per heavy atom. The second kappa shape index (κ2) is 10.3. The molecule has 1 aromatic heterocycles. The number of para-hydroxylation sites is 2. The molecule has 4 aromatic rings. The number of nitrogens with one attached hydrogen (secondary N) is 3. The number of nitro groups is 1. The normalized spacial score (nSPS) is 10.3. The summed E-state index contributed by atoms with van der Waals surface area (Å²) in [7, 11) is 0. The van der Waals surface area contributed by atoms with E-state index in [0.717, 1.165) is 17.7 Å². The first kappa shape index (κ1) is 22.5. The molecule has 0 unspecified atom stereocenters. The molecule has 0 atom stereocenters. The van der Waals surface area contributed by atoms with Gasteiger partial charge >= 0.3 is 5.69 Å². The van der Waals surface area contributed by atoms with Gasteiger partial charge in [0, 0.05) is 0 Å². The molecule has 1 heterocycles. The molecule has 4 rings (SSSR count). The van der Waals surface area contributed by atoms with E-state index in [0.29, 0.717) is 0 Å². The van der Waals surface area contributed by atoms with E-state index in [-0.39, 0.29) is 22.2 Å². The molecule has 10 nitrogen and oxygen atoms in total. The Balaban J connectivity index is 1.64. The van der Waals surface area contributed by atoms with Crippen LogP contribution in [0.4, 0.5) is 28.7 Å².